The third-order valence-electron chi connectivity index (χ3n) is 1.73. The van der Waals surface area contributed by atoms with Crippen LogP contribution in [0.5, 0.6) is 5.75 Å². The van der Waals surface area contributed by atoms with Crippen LogP contribution in [-0.2, 0) is 6.18 Å². The Balaban J connectivity index is 3.54. The fraction of sp³-hybridized carbons (Fsp3) is 0.222. The van der Waals surface area contributed by atoms with Crippen LogP contribution in [0.3, 0.4) is 0 Å². The number of ketones is 1. The lowest BCUT2D eigenvalue weighted by Crippen LogP contribution is -2.12. The summed E-state index contributed by atoms with van der Waals surface area (Å²) in [5.41, 5.74) is -1.61. The third-order valence-corrected chi connectivity index (χ3v) is 2.36. The second kappa shape index (κ2) is 3.84. The maximum atomic E-state index is 12.5. The standard InChI is InChI=1S/C9H6BrF3O2/c1-4(14)8-6(9(11,12)13)2-5(15)3-7(8)10/h2-3,15H,1H3. The Labute approximate surface area is 91.8 Å². The van der Waals surface area contributed by atoms with Gasteiger partial charge in [0.2, 0.25) is 0 Å². The van der Waals surface area contributed by atoms with Crippen molar-refractivity contribution < 1.29 is 23.1 Å². The van der Waals surface area contributed by atoms with E-state index >= 15 is 0 Å². The van der Waals surface area contributed by atoms with E-state index in [9.17, 15) is 18.0 Å². The molecule has 1 aromatic rings. The molecule has 0 aliphatic heterocycles. The predicted molar refractivity (Wildman–Crippen MR) is 50.8 cm³/mol. The molecular weight excluding hydrogens is 277 g/mol. The highest BCUT2D eigenvalue weighted by molar-refractivity contribution is 9.10. The van der Waals surface area contributed by atoms with Crippen molar-refractivity contribution in [1.82, 2.24) is 0 Å². The van der Waals surface area contributed by atoms with Gasteiger partial charge in [0.15, 0.2) is 5.78 Å². The highest BCUT2D eigenvalue weighted by Crippen LogP contribution is 2.37. The zero-order chi connectivity index (χ0) is 11.8. The molecular formula is C9H6BrF3O2. The number of benzene rings is 1. The first kappa shape index (κ1) is 12.0. The van der Waals surface area contributed by atoms with E-state index in [4.69, 9.17) is 5.11 Å². The van der Waals surface area contributed by atoms with Crippen molar-refractivity contribution >= 4 is 21.7 Å². The Morgan fingerprint density at radius 1 is 1.40 bits per heavy atom. The van der Waals surface area contributed by atoms with Gasteiger partial charge in [-0.3, -0.25) is 4.79 Å². The Bertz CT molecular complexity index is 413. The van der Waals surface area contributed by atoms with Gasteiger partial charge >= 0.3 is 6.18 Å². The van der Waals surface area contributed by atoms with Crippen molar-refractivity contribution in [2.45, 2.75) is 13.1 Å². The minimum atomic E-state index is -4.66. The lowest BCUT2D eigenvalue weighted by Gasteiger charge is -2.12. The van der Waals surface area contributed by atoms with Gasteiger partial charge in [-0.25, -0.2) is 0 Å². The van der Waals surface area contributed by atoms with E-state index < -0.39 is 28.8 Å². The van der Waals surface area contributed by atoms with E-state index in [1.807, 2.05) is 0 Å². The summed E-state index contributed by atoms with van der Waals surface area (Å²) in [5.74, 6) is -1.26. The van der Waals surface area contributed by atoms with Crippen molar-refractivity contribution in [2.75, 3.05) is 0 Å². The number of hydrogen-bond acceptors (Lipinski definition) is 2. The maximum Gasteiger partial charge on any atom is 0.417 e. The molecule has 0 atom stereocenters. The van der Waals surface area contributed by atoms with Crippen LogP contribution in [-0.4, -0.2) is 10.9 Å². The molecule has 0 radical (unpaired) electrons. The topological polar surface area (TPSA) is 37.3 Å². The molecule has 0 aliphatic carbocycles. The van der Waals surface area contributed by atoms with Crippen molar-refractivity contribution in [3.05, 3.63) is 27.7 Å². The molecule has 82 valence electrons. The number of phenols is 1. The smallest absolute Gasteiger partial charge is 0.417 e. The van der Waals surface area contributed by atoms with E-state index in [1.54, 1.807) is 0 Å². The molecule has 0 heterocycles. The van der Waals surface area contributed by atoms with Crippen LogP contribution >= 0.6 is 15.9 Å². The molecule has 1 rings (SSSR count). The molecule has 0 aliphatic rings. The van der Waals surface area contributed by atoms with Gasteiger partial charge in [0.05, 0.1) is 5.56 Å². The quantitative estimate of drug-likeness (QED) is 0.802. The van der Waals surface area contributed by atoms with Crippen LogP contribution in [0.1, 0.15) is 22.8 Å². The third kappa shape index (κ3) is 2.50. The highest BCUT2D eigenvalue weighted by Gasteiger charge is 2.36. The number of halogens is 4. The van der Waals surface area contributed by atoms with Crippen molar-refractivity contribution in [1.29, 1.82) is 0 Å². The van der Waals surface area contributed by atoms with Gasteiger partial charge in [-0.15, -0.1) is 0 Å². The first-order chi connectivity index (χ1) is 6.73. The second-order valence-electron chi connectivity index (χ2n) is 2.90. The van der Waals surface area contributed by atoms with E-state index in [0.29, 0.717) is 6.07 Å². The lowest BCUT2D eigenvalue weighted by molar-refractivity contribution is -0.138. The van der Waals surface area contributed by atoms with Gasteiger partial charge in [0.25, 0.3) is 0 Å². The van der Waals surface area contributed by atoms with Crippen LogP contribution in [0, 0.1) is 0 Å². The van der Waals surface area contributed by atoms with E-state index in [-0.39, 0.29) is 4.47 Å². The molecule has 15 heavy (non-hydrogen) atoms. The van der Waals surface area contributed by atoms with Crippen molar-refractivity contribution in [3.8, 4) is 5.75 Å². The predicted octanol–water partition coefficient (Wildman–Crippen LogP) is 3.38. The lowest BCUT2D eigenvalue weighted by atomic mass is 10.0. The fourth-order valence-electron chi connectivity index (χ4n) is 1.17. The SMILES string of the molecule is CC(=O)c1c(Br)cc(O)cc1C(F)(F)F. The number of phenolic OH excluding ortho intramolecular Hbond substituents is 1. The average molecular weight is 283 g/mol. The number of hydrogen-bond donors (Lipinski definition) is 1. The first-order valence-electron chi connectivity index (χ1n) is 3.84. The molecule has 0 aromatic heterocycles. The zero-order valence-corrected chi connectivity index (χ0v) is 9.11. The molecule has 0 saturated carbocycles. The maximum absolute atomic E-state index is 12.5. The Kier molecular flexibility index (Phi) is 3.08. The molecule has 0 fully saturated rings. The number of carbonyl (C=O) groups is 1. The largest absolute Gasteiger partial charge is 0.508 e. The summed E-state index contributed by atoms with van der Waals surface area (Å²) in [6.07, 6.45) is -4.66. The van der Waals surface area contributed by atoms with E-state index in [2.05, 4.69) is 15.9 Å². The molecule has 0 spiro atoms. The summed E-state index contributed by atoms with van der Waals surface area (Å²) in [5, 5.41) is 9.02. The van der Waals surface area contributed by atoms with Crippen molar-refractivity contribution in [2.24, 2.45) is 0 Å². The number of carbonyl (C=O) groups excluding carboxylic acids is 1. The minimum absolute atomic E-state index is 0.0673. The van der Waals surface area contributed by atoms with E-state index in [0.717, 1.165) is 13.0 Å². The Morgan fingerprint density at radius 2 is 1.93 bits per heavy atom. The molecule has 6 heteroatoms. The molecule has 1 N–H and O–H groups in total. The van der Waals surface area contributed by atoms with Crippen LogP contribution in [0.4, 0.5) is 13.2 Å². The van der Waals surface area contributed by atoms with Gasteiger partial charge in [-0.1, -0.05) is 0 Å². The summed E-state index contributed by atoms with van der Waals surface area (Å²) in [6, 6.07) is 1.58. The minimum Gasteiger partial charge on any atom is -0.508 e. The number of Topliss-reactive ketones (excluding diaryl/α,β-unsaturated/α-hetero) is 1. The number of rotatable bonds is 1. The molecule has 0 bridgehead atoms. The second-order valence-corrected chi connectivity index (χ2v) is 3.76. The normalized spacial score (nSPS) is 11.5. The van der Waals surface area contributed by atoms with Crippen LogP contribution in [0.2, 0.25) is 0 Å². The molecule has 1 aromatic carbocycles. The Morgan fingerprint density at radius 3 is 2.33 bits per heavy atom. The van der Waals surface area contributed by atoms with Crippen LogP contribution in [0.15, 0.2) is 16.6 Å². The summed E-state index contributed by atoms with van der Waals surface area (Å²) in [6.45, 7) is 1.03. The average Bonchev–Trinajstić information content (AvgIpc) is 1.99. The summed E-state index contributed by atoms with van der Waals surface area (Å²) in [4.78, 5) is 11.0. The first-order valence-corrected chi connectivity index (χ1v) is 4.63. The Hall–Kier alpha value is -1.04. The molecule has 0 saturated heterocycles. The fourth-order valence-corrected chi connectivity index (χ4v) is 1.90. The number of aromatic hydroxyl groups is 1. The van der Waals surface area contributed by atoms with Gasteiger partial charge in [0.1, 0.15) is 5.75 Å². The van der Waals surface area contributed by atoms with Gasteiger partial charge < -0.3 is 5.11 Å². The van der Waals surface area contributed by atoms with Crippen LogP contribution < -0.4 is 0 Å². The highest BCUT2D eigenvalue weighted by atomic mass is 79.9. The molecule has 0 unspecified atom stereocenters. The summed E-state index contributed by atoms with van der Waals surface area (Å²) < 4.78 is 37.4. The molecule has 0 amide bonds. The molecule has 2 nitrogen and oxygen atoms in total. The van der Waals surface area contributed by atoms with E-state index in [1.165, 1.54) is 0 Å². The van der Waals surface area contributed by atoms with Gasteiger partial charge in [-0.2, -0.15) is 13.2 Å². The zero-order valence-electron chi connectivity index (χ0n) is 7.52. The van der Waals surface area contributed by atoms with Crippen molar-refractivity contribution in [3.63, 3.8) is 0 Å². The van der Waals surface area contributed by atoms with Gasteiger partial charge in [0, 0.05) is 10.0 Å². The summed E-state index contributed by atoms with van der Waals surface area (Å²) in [7, 11) is 0. The monoisotopic (exact) mass is 282 g/mol. The number of alkyl halides is 3. The van der Waals surface area contributed by atoms with Gasteiger partial charge in [-0.05, 0) is 35.0 Å². The summed E-state index contributed by atoms with van der Waals surface area (Å²) >= 11 is 2.81. The van der Waals surface area contributed by atoms with Crippen LogP contribution in [0.25, 0.3) is 0 Å².